The summed E-state index contributed by atoms with van der Waals surface area (Å²) in [6.45, 7) is 3.72. The van der Waals surface area contributed by atoms with Crippen molar-refractivity contribution in [2.75, 3.05) is 18.4 Å². The largest absolute Gasteiger partial charge is 0.338 e. The maximum atomic E-state index is 12.3. The minimum Gasteiger partial charge on any atom is -0.338 e. The highest BCUT2D eigenvalue weighted by Gasteiger charge is 2.14. The molecule has 94 valence electrons. The third kappa shape index (κ3) is 4.80. The number of carbonyl (C=O) groups is 1. The standard InChI is InChI=1S/C13H17Br2NO/c1-2-3-8-16(9-7-14)13(17)11-5-4-6-12(15)10-11/h4-6,10H,2-3,7-9H2,1H3. The predicted octanol–water partition coefficient (Wildman–Crippen LogP) is 4.09. The molecule has 0 spiro atoms. The number of alkyl halides is 1. The average Bonchev–Trinajstić information content (AvgIpc) is 2.33. The Balaban J connectivity index is 2.76. The van der Waals surface area contributed by atoms with E-state index < -0.39 is 0 Å². The van der Waals surface area contributed by atoms with Crippen molar-refractivity contribution in [2.45, 2.75) is 19.8 Å². The second-order valence-electron chi connectivity index (χ2n) is 3.85. The number of unbranched alkanes of at least 4 members (excludes halogenated alkanes) is 1. The van der Waals surface area contributed by atoms with Gasteiger partial charge in [0.2, 0.25) is 0 Å². The van der Waals surface area contributed by atoms with Gasteiger partial charge in [-0.25, -0.2) is 0 Å². The second kappa shape index (κ2) is 7.88. The summed E-state index contributed by atoms with van der Waals surface area (Å²) in [5.74, 6) is 0.110. The Morgan fingerprint density at radius 3 is 2.71 bits per heavy atom. The molecule has 4 heteroatoms. The van der Waals surface area contributed by atoms with Gasteiger partial charge in [-0.1, -0.05) is 51.3 Å². The molecule has 0 heterocycles. The number of halogens is 2. The van der Waals surface area contributed by atoms with E-state index in [1.54, 1.807) is 0 Å². The van der Waals surface area contributed by atoms with Crippen molar-refractivity contribution >= 4 is 37.8 Å². The average molecular weight is 363 g/mol. The molecule has 0 saturated heterocycles. The molecule has 0 unspecified atom stereocenters. The smallest absolute Gasteiger partial charge is 0.253 e. The van der Waals surface area contributed by atoms with Crippen LogP contribution in [0.2, 0.25) is 0 Å². The molecule has 0 bridgehead atoms. The Bertz CT molecular complexity index is 368. The first-order chi connectivity index (χ1) is 8.19. The molecule has 0 aliphatic carbocycles. The summed E-state index contributed by atoms with van der Waals surface area (Å²) in [5, 5.41) is 0.816. The van der Waals surface area contributed by atoms with Crippen LogP contribution in [0.1, 0.15) is 30.1 Å². The topological polar surface area (TPSA) is 20.3 Å². The molecule has 0 aliphatic heterocycles. The third-order valence-corrected chi connectivity index (χ3v) is 3.34. The lowest BCUT2D eigenvalue weighted by molar-refractivity contribution is 0.0764. The number of hydrogen-bond donors (Lipinski definition) is 0. The maximum absolute atomic E-state index is 12.3. The second-order valence-corrected chi connectivity index (χ2v) is 5.55. The van der Waals surface area contributed by atoms with Gasteiger partial charge >= 0.3 is 0 Å². The molecule has 0 saturated carbocycles. The monoisotopic (exact) mass is 361 g/mol. The highest BCUT2D eigenvalue weighted by atomic mass is 79.9. The Kier molecular flexibility index (Phi) is 6.82. The van der Waals surface area contributed by atoms with Crippen molar-refractivity contribution in [1.29, 1.82) is 0 Å². The summed E-state index contributed by atoms with van der Waals surface area (Å²) in [5.41, 5.74) is 0.747. The highest BCUT2D eigenvalue weighted by molar-refractivity contribution is 9.10. The molecule has 1 aromatic carbocycles. The lowest BCUT2D eigenvalue weighted by Gasteiger charge is -2.21. The van der Waals surface area contributed by atoms with E-state index in [1.165, 1.54) is 0 Å². The van der Waals surface area contributed by atoms with Gasteiger partial charge in [-0.3, -0.25) is 4.79 Å². The van der Waals surface area contributed by atoms with Crippen LogP contribution >= 0.6 is 31.9 Å². The Hall–Kier alpha value is -0.350. The molecule has 0 atom stereocenters. The fourth-order valence-electron chi connectivity index (χ4n) is 1.57. The van der Waals surface area contributed by atoms with Crippen LogP contribution in [0.25, 0.3) is 0 Å². The molecule has 0 radical (unpaired) electrons. The van der Waals surface area contributed by atoms with Crippen molar-refractivity contribution in [2.24, 2.45) is 0 Å². The molecule has 0 aliphatic rings. The molecule has 1 rings (SSSR count). The van der Waals surface area contributed by atoms with Gasteiger partial charge in [0.1, 0.15) is 0 Å². The van der Waals surface area contributed by atoms with Crippen LogP contribution in [0.15, 0.2) is 28.7 Å². The quantitative estimate of drug-likeness (QED) is 0.698. The lowest BCUT2D eigenvalue weighted by Crippen LogP contribution is -2.33. The first kappa shape index (κ1) is 14.7. The van der Waals surface area contributed by atoms with Gasteiger partial charge in [0.15, 0.2) is 0 Å². The first-order valence-corrected chi connectivity index (χ1v) is 7.71. The summed E-state index contributed by atoms with van der Waals surface area (Å²) in [6, 6.07) is 7.55. The molecule has 1 aromatic rings. The fourth-order valence-corrected chi connectivity index (χ4v) is 2.40. The van der Waals surface area contributed by atoms with E-state index in [0.29, 0.717) is 0 Å². The van der Waals surface area contributed by atoms with Crippen LogP contribution in [-0.4, -0.2) is 29.2 Å². The molecular formula is C13H17Br2NO. The Morgan fingerprint density at radius 2 is 2.12 bits per heavy atom. The number of rotatable bonds is 6. The number of hydrogen-bond acceptors (Lipinski definition) is 1. The van der Waals surface area contributed by atoms with Gasteiger partial charge in [-0.05, 0) is 24.6 Å². The minimum absolute atomic E-state index is 0.110. The number of nitrogens with zero attached hydrogens (tertiary/aromatic N) is 1. The lowest BCUT2D eigenvalue weighted by atomic mass is 10.2. The Morgan fingerprint density at radius 1 is 1.35 bits per heavy atom. The van der Waals surface area contributed by atoms with Gasteiger partial charge in [0, 0.05) is 28.5 Å². The predicted molar refractivity (Wildman–Crippen MR) is 78.7 cm³/mol. The van der Waals surface area contributed by atoms with Crippen LogP contribution in [0, 0.1) is 0 Å². The summed E-state index contributed by atoms with van der Waals surface area (Å²) in [6.07, 6.45) is 2.15. The summed E-state index contributed by atoms with van der Waals surface area (Å²) in [4.78, 5) is 14.2. The fraction of sp³-hybridized carbons (Fsp3) is 0.462. The molecule has 0 aromatic heterocycles. The zero-order valence-corrected chi connectivity index (χ0v) is 13.1. The van der Waals surface area contributed by atoms with Gasteiger partial charge in [-0.2, -0.15) is 0 Å². The summed E-state index contributed by atoms with van der Waals surface area (Å²) in [7, 11) is 0. The van der Waals surface area contributed by atoms with E-state index >= 15 is 0 Å². The van der Waals surface area contributed by atoms with Crippen LogP contribution in [0.5, 0.6) is 0 Å². The molecule has 0 fully saturated rings. The number of amides is 1. The normalized spacial score (nSPS) is 10.3. The zero-order valence-electron chi connectivity index (χ0n) is 9.96. The van der Waals surface area contributed by atoms with Gasteiger partial charge in [0.25, 0.3) is 5.91 Å². The van der Waals surface area contributed by atoms with Crippen LogP contribution in [-0.2, 0) is 0 Å². The molecule has 2 nitrogen and oxygen atoms in total. The number of benzene rings is 1. The zero-order chi connectivity index (χ0) is 12.7. The van der Waals surface area contributed by atoms with Crippen molar-refractivity contribution < 1.29 is 4.79 Å². The van der Waals surface area contributed by atoms with E-state index in [4.69, 9.17) is 0 Å². The van der Waals surface area contributed by atoms with Crippen molar-refractivity contribution in [3.05, 3.63) is 34.3 Å². The van der Waals surface area contributed by atoms with E-state index in [0.717, 1.165) is 41.3 Å². The Labute approximate surface area is 120 Å². The maximum Gasteiger partial charge on any atom is 0.253 e. The van der Waals surface area contributed by atoms with E-state index in [-0.39, 0.29) is 5.91 Å². The van der Waals surface area contributed by atoms with Crippen LogP contribution < -0.4 is 0 Å². The minimum atomic E-state index is 0.110. The van der Waals surface area contributed by atoms with Crippen LogP contribution in [0.4, 0.5) is 0 Å². The van der Waals surface area contributed by atoms with Crippen LogP contribution in [0.3, 0.4) is 0 Å². The number of carbonyl (C=O) groups excluding carboxylic acids is 1. The molecule has 1 amide bonds. The van der Waals surface area contributed by atoms with Crippen molar-refractivity contribution in [1.82, 2.24) is 4.90 Å². The van der Waals surface area contributed by atoms with E-state index in [2.05, 4.69) is 38.8 Å². The summed E-state index contributed by atoms with van der Waals surface area (Å²) < 4.78 is 0.942. The SMILES string of the molecule is CCCCN(CCBr)C(=O)c1cccc(Br)c1. The molecule has 0 N–H and O–H groups in total. The third-order valence-electron chi connectivity index (χ3n) is 2.49. The van der Waals surface area contributed by atoms with Gasteiger partial charge < -0.3 is 4.90 Å². The highest BCUT2D eigenvalue weighted by Crippen LogP contribution is 2.14. The van der Waals surface area contributed by atoms with E-state index in [1.807, 2.05) is 29.2 Å². The molecule has 17 heavy (non-hydrogen) atoms. The van der Waals surface area contributed by atoms with Gasteiger partial charge in [-0.15, -0.1) is 0 Å². The van der Waals surface area contributed by atoms with Gasteiger partial charge in [0.05, 0.1) is 0 Å². The van der Waals surface area contributed by atoms with Crippen molar-refractivity contribution in [3.8, 4) is 0 Å². The summed E-state index contributed by atoms with van der Waals surface area (Å²) >= 11 is 6.79. The molecular weight excluding hydrogens is 346 g/mol. The van der Waals surface area contributed by atoms with Crippen molar-refractivity contribution in [3.63, 3.8) is 0 Å². The first-order valence-electron chi connectivity index (χ1n) is 5.79. The van der Waals surface area contributed by atoms with E-state index in [9.17, 15) is 4.79 Å².